The molecule has 5 heteroatoms. The van der Waals surface area contributed by atoms with Crippen LogP contribution in [0.3, 0.4) is 0 Å². The van der Waals surface area contributed by atoms with Gasteiger partial charge in [-0.3, -0.25) is 0 Å². The number of aryl methyl sites for hydroxylation is 1. The maximum Gasteiger partial charge on any atom is 0.338 e. The molecule has 104 valence electrons. The average Bonchev–Trinajstić information content (AvgIpc) is 2.40. The van der Waals surface area contributed by atoms with Crippen molar-refractivity contribution in [1.29, 1.82) is 0 Å². The first-order chi connectivity index (χ1) is 9.49. The van der Waals surface area contributed by atoms with Crippen LogP contribution in [0.5, 0.6) is 0 Å². The van der Waals surface area contributed by atoms with Gasteiger partial charge in [-0.05, 0) is 52.2 Å². The number of rotatable bonds is 4. The summed E-state index contributed by atoms with van der Waals surface area (Å²) in [7, 11) is 0. The number of carboxylic acid groups (broad SMARTS) is 1. The zero-order valence-corrected chi connectivity index (χ0v) is 12.4. The summed E-state index contributed by atoms with van der Waals surface area (Å²) in [5.74, 6) is -1.98. The van der Waals surface area contributed by atoms with Crippen LogP contribution in [0, 0.1) is 12.7 Å². The third-order valence-electron chi connectivity index (χ3n) is 2.94. The molecule has 0 amide bonds. The monoisotopic (exact) mass is 337 g/mol. The second-order valence-electron chi connectivity index (χ2n) is 4.41. The Morgan fingerprint density at radius 1 is 1.35 bits per heavy atom. The van der Waals surface area contributed by atoms with Gasteiger partial charge in [-0.25, -0.2) is 9.18 Å². The van der Waals surface area contributed by atoms with Crippen molar-refractivity contribution >= 4 is 27.6 Å². The van der Waals surface area contributed by atoms with Crippen LogP contribution in [0.1, 0.15) is 21.5 Å². The fourth-order valence-electron chi connectivity index (χ4n) is 1.82. The smallest absolute Gasteiger partial charge is 0.338 e. The molecule has 20 heavy (non-hydrogen) atoms. The molecule has 0 aliphatic rings. The molecule has 2 N–H and O–H groups in total. The molecule has 0 bridgehead atoms. The van der Waals surface area contributed by atoms with E-state index in [9.17, 15) is 9.18 Å². The molecular weight excluding hydrogens is 325 g/mol. The number of hydrogen-bond donors (Lipinski definition) is 2. The van der Waals surface area contributed by atoms with Crippen molar-refractivity contribution in [1.82, 2.24) is 0 Å². The van der Waals surface area contributed by atoms with Crippen molar-refractivity contribution in [3.63, 3.8) is 0 Å². The number of carboxylic acids is 1. The lowest BCUT2D eigenvalue weighted by molar-refractivity contribution is 0.0692. The maximum absolute atomic E-state index is 13.6. The summed E-state index contributed by atoms with van der Waals surface area (Å²) in [6.07, 6.45) is 0. The summed E-state index contributed by atoms with van der Waals surface area (Å²) in [4.78, 5) is 10.7. The normalized spacial score (nSPS) is 10.3. The molecule has 2 aromatic rings. The van der Waals surface area contributed by atoms with Gasteiger partial charge in [0.1, 0.15) is 5.82 Å². The predicted molar refractivity (Wildman–Crippen MR) is 79.6 cm³/mol. The highest BCUT2D eigenvalue weighted by molar-refractivity contribution is 9.10. The first-order valence-corrected chi connectivity index (χ1v) is 6.79. The summed E-state index contributed by atoms with van der Waals surface area (Å²) in [5.41, 5.74) is 2.38. The molecule has 2 rings (SSSR count). The van der Waals surface area contributed by atoms with Gasteiger partial charge in [0.15, 0.2) is 0 Å². The lowest BCUT2D eigenvalue weighted by atomic mass is 10.1. The van der Waals surface area contributed by atoms with Gasteiger partial charge in [0.25, 0.3) is 0 Å². The molecular formula is C15H13BrFNO2. The van der Waals surface area contributed by atoms with E-state index in [-0.39, 0.29) is 5.56 Å². The molecule has 0 heterocycles. The number of anilines is 1. The molecule has 0 saturated heterocycles. The van der Waals surface area contributed by atoms with Crippen LogP contribution in [0.2, 0.25) is 0 Å². The van der Waals surface area contributed by atoms with Gasteiger partial charge in [0, 0.05) is 16.7 Å². The lowest BCUT2D eigenvalue weighted by Crippen LogP contribution is -2.04. The van der Waals surface area contributed by atoms with E-state index in [0.717, 1.165) is 15.7 Å². The van der Waals surface area contributed by atoms with E-state index in [0.29, 0.717) is 12.1 Å². The van der Waals surface area contributed by atoms with Crippen LogP contribution < -0.4 is 5.32 Å². The summed E-state index contributed by atoms with van der Waals surface area (Å²) in [6.45, 7) is 2.40. The van der Waals surface area contributed by atoms with Crippen LogP contribution in [-0.4, -0.2) is 11.1 Å². The van der Waals surface area contributed by atoms with Gasteiger partial charge in [0.05, 0.1) is 5.56 Å². The Labute approximate surface area is 124 Å². The van der Waals surface area contributed by atoms with Crippen molar-refractivity contribution in [3.8, 4) is 0 Å². The number of nitrogens with one attached hydrogen (secondary N) is 1. The number of benzene rings is 2. The van der Waals surface area contributed by atoms with Crippen LogP contribution in [0.15, 0.2) is 40.9 Å². The number of carbonyl (C=O) groups is 1. The predicted octanol–water partition coefficient (Wildman–Crippen LogP) is 4.21. The highest BCUT2D eigenvalue weighted by Gasteiger charge is 2.10. The highest BCUT2D eigenvalue weighted by Crippen LogP contribution is 2.26. The first-order valence-electron chi connectivity index (χ1n) is 5.99. The van der Waals surface area contributed by atoms with E-state index in [1.165, 1.54) is 12.1 Å². The Bertz CT molecular complexity index is 658. The Balaban J connectivity index is 2.13. The van der Waals surface area contributed by atoms with Gasteiger partial charge in [-0.1, -0.05) is 18.2 Å². The fourth-order valence-corrected chi connectivity index (χ4v) is 2.23. The summed E-state index contributed by atoms with van der Waals surface area (Å²) in [5, 5.41) is 12.0. The molecule has 0 unspecified atom stereocenters. The minimum Gasteiger partial charge on any atom is -0.478 e. The van der Waals surface area contributed by atoms with Crippen molar-refractivity contribution in [2.75, 3.05) is 5.32 Å². The lowest BCUT2D eigenvalue weighted by Gasteiger charge is -2.10. The van der Waals surface area contributed by atoms with Crippen LogP contribution in [0.25, 0.3) is 0 Å². The summed E-state index contributed by atoms with van der Waals surface area (Å²) < 4.78 is 14.5. The Morgan fingerprint density at radius 3 is 2.75 bits per heavy atom. The zero-order valence-electron chi connectivity index (χ0n) is 10.8. The van der Waals surface area contributed by atoms with Crippen molar-refractivity contribution in [3.05, 3.63) is 63.4 Å². The molecule has 0 fully saturated rings. The first kappa shape index (κ1) is 14.5. The summed E-state index contributed by atoms with van der Waals surface area (Å²) >= 11 is 3.48. The van der Waals surface area contributed by atoms with E-state index in [2.05, 4.69) is 21.2 Å². The zero-order chi connectivity index (χ0) is 14.7. The number of hydrogen-bond acceptors (Lipinski definition) is 2. The SMILES string of the molecule is Cc1cccc(NCc2ccc(C(=O)O)c(F)c2)c1Br. The third kappa shape index (κ3) is 3.17. The molecule has 3 nitrogen and oxygen atoms in total. The van der Waals surface area contributed by atoms with Crippen molar-refractivity contribution in [2.24, 2.45) is 0 Å². The molecule has 0 aromatic heterocycles. The highest BCUT2D eigenvalue weighted by atomic mass is 79.9. The second kappa shape index (κ2) is 6.05. The fraction of sp³-hybridized carbons (Fsp3) is 0.133. The Kier molecular flexibility index (Phi) is 4.39. The molecule has 2 aromatic carbocycles. The molecule has 0 spiro atoms. The quantitative estimate of drug-likeness (QED) is 0.878. The van der Waals surface area contributed by atoms with Gasteiger partial charge in [-0.2, -0.15) is 0 Å². The Hall–Kier alpha value is -1.88. The second-order valence-corrected chi connectivity index (χ2v) is 5.20. The number of halogens is 2. The van der Waals surface area contributed by atoms with Crippen molar-refractivity contribution in [2.45, 2.75) is 13.5 Å². The van der Waals surface area contributed by atoms with E-state index >= 15 is 0 Å². The van der Waals surface area contributed by atoms with Crippen LogP contribution >= 0.6 is 15.9 Å². The van der Waals surface area contributed by atoms with Crippen molar-refractivity contribution < 1.29 is 14.3 Å². The topological polar surface area (TPSA) is 49.3 Å². The van der Waals surface area contributed by atoms with Gasteiger partial charge < -0.3 is 10.4 Å². The van der Waals surface area contributed by atoms with E-state index in [4.69, 9.17) is 5.11 Å². The molecule has 0 atom stereocenters. The minimum absolute atomic E-state index is 0.314. The van der Waals surface area contributed by atoms with Crippen LogP contribution in [-0.2, 0) is 6.54 Å². The Morgan fingerprint density at radius 2 is 2.10 bits per heavy atom. The standard InChI is InChI=1S/C15H13BrFNO2/c1-9-3-2-4-13(14(9)16)18-8-10-5-6-11(15(19)20)12(17)7-10/h2-7,18H,8H2,1H3,(H,19,20). The van der Waals surface area contributed by atoms with E-state index < -0.39 is 11.8 Å². The largest absolute Gasteiger partial charge is 0.478 e. The van der Waals surface area contributed by atoms with Gasteiger partial charge >= 0.3 is 5.97 Å². The average molecular weight is 338 g/mol. The maximum atomic E-state index is 13.6. The molecule has 0 aliphatic heterocycles. The molecule has 0 radical (unpaired) electrons. The molecule has 0 aliphatic carbocycles. The third-order valence-corrected chi connectivity index (χ3v) is 3.99. The minimum atomic E-state index is -1.26. The number of aromatic carboxylic acids is 1. The van der Waals surface area contributed by atoms with E-state index in [1.54, 1.807) is 6.07 Å². The van der Waals surface area contributed by atoms with Gasteiger partial charge in [0.2, 0.25) is 0 Å². The molecule has 0 saturated carbocycles. The summed E-state index contributed by atoms with van der Waals surface area (Å²) in [6, 6.07) is 9.94. The van der Waals surface area contributed by atoms with Gasteiger partial charge in [-0.15, -0.1) is 0 Å². The van der Waals surface area contributed by atoms with Crippen LogP contribution in [0.4, 0.5) is 10.1 Å². The van der Waals surface area contributed by atoms with E-state index in [1.807, 2.05) is 25.1 Å².